The Morgan fingerprint density at radius 3 is 1.43 bits per heavy atom. The van der Waals surface area contributed by atoms with Gasteiger partial charge in [-0.1, -0.05) is 143 Å². The first-order valence-electron chi connectivity index (χ1n) is 30.5. The number of amides is 4. The van der Waals surface area contributed by atoms with Crippen molar-refractivity contribution in [1.29, 1.82) is 0 Å². The first-order valence-corrected chi connectivity index (χ1v) is 30.5. The van der Waals surface area contributed by atoms with Crippen molar-refractivity contribution >= 4 is 97.2 Å². The number of anilines is 3. The Morgan fingerprint density at radius 2 is 0.933 bits per heavy atom. The first kappa shape index (κ1) is 66.4. The Kier molecular flexibility index (Phi) is 21.2. The number of aromatic hydroxyl groups is 1. The van der Waals surface area contributed by atoms with Crippen molar-refractivity contribution in [2.75, 3.05) is 48.4 Å². The molecule has 0 spiro atoms. The molecule has 5 aliphatic rings. The summed E-state index contributed by atoms with van der Waals surface area (Å²) in [5.41, 5.74) is 10.0. The maximum absolute atomic E-state index is 13.1. The third kappa shape index (κ3) is 13.5. The molecule has 468 valence electrons. The molecule has 1 aromatic heterocycles. The Hall–Kier alpha value is -9.58. The number of para-hydroxylation sites is 5. The number of allylic oxidation sites excluding steroid dienone is 1. The van der Waals surface area contributed by atoms with Crippen molar-refractivity contribution in [2.45, 2.75) is 113 Å². The number of hydrogen-bond donors (Lipinski definition) is 1. The van der Waals surface area contributed by atoms with Gasteiger partial charge in [0.05, 0.1) is 55.8 Å². The summed E-state index contributed by atoms with van der Waals surface area (Å²) < 4.78 is 22.8. The van der Waals surface area contributed by atoms with Crippen molar-refractivity contribution in [1.82, 2.24) is 4.57 Å². The topological polar surface area (TPSA) is 204 Å². The smallest absolute Gasteiger partial charge is 0.303 e. The summed E-state index contributed by atoms with van der Waals surface area (Å²) in [5, 5.41) is 12.8. The number of Topliss-reactive ketones (excluding diaryl/α,β-unsaturated/α-hetero) is 1. The number of carbonyl (C=O) groups is 7. The van der Waals surface area contributed by atoms with E-state index in [2.05, 4.69) is 4.99 Å². The molecule has 0 saturated carbocycles. The molecule has 17 nitrogen and oxygen atoms in total. The predicted octanol–water partition coefficient (Wildman–Crippen LogP) is 11.5. The zero-order valence-electron chi connectivity index (χ0n) is 53.4. The molecule has 7 aromatic rings. The monoisotopic (exact) mass is 1220 g/mol. The van der Waals surface area contributed by atoms with Gasteiger partial charge in [-0.2, -0.15) is 0 Å². The number of ether oxygens (including phenoxy) is 4. The number of carbonyl (C=O) groups excluding carboxylic acids is 7. The van der Waals surface area contributed by atoms with Crippen LogP contribution in [0.3, 0.4) is 0 Å². The minimum absolute atomic E-state index is 0.00705. The highest BCUT2D eigenvalue weighted by Gasteiger charge is 2.42. The van der Waals surface area contributed by atoms with Gasteiger partial charge in [-0.05, 0) is 94.8 Å². The third-order valence-corrected chi connectivity index (χ3v) is 16.9. The summed E-state index contributed by atoms with van der Waals surface area (Å²) in [4.78, 5) is 94.0. The average Bonchev–Trinajstić information content (AvgIpc) is 1.67. The van der Waals surface area contributed by atoms with Gasteiger partial charge in [-0.25, -0.2) is 4.99 Å². The lowest BCUT2D eigenvalue weighted by Gasteiger charge is -2.25. The van der Waals surface area contributed by atoms with Gasteiger partial charge in [0.25, 0.3) is 23.6 Å². The van der Waals surface area contributed by atoms with E-state index in [1.54, 1.807) is 33.4 Å². The number of esters is 2. The lowest BCUT2D eigenvalue weighted by atomic mass is 9.96. The highest BCUT2D eigenvalue weighted by Crippen LogP contribution is 2.47. The van der Waals surface area contributed by atoms with E-state index in [4.69, 9.17) is 18.9 Å². The van der Waals surface area contributed by atoms with E-state index in [1.165, 1.54) is 13.8 Å². The normalized spacial score (nSPS) is 15.9. The zero-order valence-corrected chi connectivity index (χ0v) is 53.4. The fraction of sp³-hybridized carbons (Fsp3) is 0.315. The van der Waals surface area contributed by atoms with E-state index >= 15 is 0 Å². The van der Waals surface area contributed by atoms with Gasteiger partial charge in [0.1, 0.15) is 24.7 Å². The molecule has 0 atom stereocenters. The van der Waals surface area contributed by atoms with E-state index in [1.807, 2.05) is 201 Å². The Balaban J connectivity index is 0.000000152. The molecule has 1 aliphatic carbocycles. The minimum Gasteiger partial charge on any atom is -0.494 e. The number of aryl methyl sites for hydroxylation is 1. The molecule has 4 aliphatic heterocycles. The number of likely N-dealkylation sites (N-methyl/N-ethyl adjacent to an activating group) is 1. The highest BCUT2D eigenvalue weighted by atomic mass is 16.6. The second-order valence-electron chi connectivity index (χ2n) is 22.5. The number of hydrogen-bond acceptors (Lipinski definition) is 12. The summed E-state index contributed by atoms with van der Waals surface area (Å²) in [7, 11) is 3.52. The summed E-state index contributed by atoms with van der Waals surface area (Å²) in [6.07, 6.45) is 3.87. The number of aromatic nitrogens is 1. The van der Waals surface area contributed by atoms with Crippen LogP contribution in [0.15, 0.2) is 151 Å². The van der Waals surface area contributed by atoms with Crippen LogP contribution in [0.1, 0.15) is 128 Å². The molecule has 17 heteroatoms. The number of benzene rings is 6. The van der Waals surface area contributed by atoms with Gasteiger partial charge in [-0.3, -0.25) is 43.4 Å². The average molecular weight is 1220 g/mol. The Morgan fingerprint density at radius 1 is 0.511 bits per heavy atom. The van der Waals surface area contributed by atoms with Crippen LogP contribution in [0.5, 0.6) is 5.88 Å². The molecule has 4 amide bonds. The summed E-state index contributed by atoms with van der Waals surface area (Å²) in [6, 6.07) is 45.4. The van der Waals surface area contributed by atoms with E-state index in [0.717, 1.165) is 86.7 Å². The lowest BCUT2D eigenvalue weighted by Crippen LogP contribution is -2.30. The van der Waals surface area contributed by atoms with E-state index in [-0.39, 0.29) is 71.9 Å². The van der Waals surface area contributed by atoms with E-state index in [0.29, 0.717) is 58.4 Å². The lowest BCUT2D eigenvalue weighted by molar-refractivity contribution is -0.157. The molecule has 1 N–H and O–H groups in total. The Labute approximate surface area is 525 Å². The van der Waals surface area contributed by atoms with Crippen LogP contribution in [0.2, 0.25) is 0 Å². The van der Waals surface area contributed by atoms with E-state index in [9.17, 15) is 38.7 Å². The summed E-state index contributed by atoms with van der Waals surface area (Å²) in [6.45, 7) is 20.1. The molecular formula is C73H79N5O12. The molecule has 12 rings (SSSR count). The maximum atomic E-state index is 13.1. The number of ketones is 1. The van der Waals surface area contributed by atoms with Gasteiger partial charge in [0.2, 0.25) is 0 Å². The molecule has 6 aromatic carbocycles. The van der Waals surface area contributed by atoms with Crippen molar-refractivity contribution in [2.24, 2.45) is 12.0 Å². The fourth-order valence-electron chi connectivity index (χ4n) is 11.3. The Bertz CT molecular complexity index is 4100. The molecule has 5 heterocycles. The number of rotatable bonds is 13. The molecule has 0 bridgehead atoms. The van der Waals surface area contributed by atoms with Crippen molar-refractivity contribution < 1.29 is 57.6 Å². The van der Waals surface area contributed by atoms with Crippen LogP contribution in [0, 0.1) is 0 Å². The fourth-order valence-corrected chi connectivity index (χ4v) is 11.3. The van der Waals surface area contributed by atoms with Crippen LogP contribution in [0.25, 0.3) is 38.8 Å². The minimum atomic E-state index is -0.303. The standard InChI is InChI=1S/C20H18N2O3.C20H17NO3.C17H12N2O2.2C8H16O2/c1-3-25-12-22-16-11-7-5-9-14(16)18(20(22)24)17-13-8-4-6-10-15(13)21(2)19(17)23;1-2-24-12-21-16-10-6-5-9-15(16)19(20(21)23)18-14-8-4-3-7-13(14)11-17(18)22;1-19-13-9-5-3-7-11(13)15(17(19)21)14-10-6-2-4-8-12(10)18-16(14)20;2*1-5-8(4,6-2)10-7(3)9/h4-11H,3,12H2,1-2H3;3-10H,2,11-12H2,1H3;2-9,21H,1H3;2*5-6H2,1-4H3/b18-17+;19-18+;;;. The van der Waals surface area contributed by atoms with Crippen molar-refractivity contribution in [3.8, 4) is 5.88 Å². The van der Waals surface area contributed by atoms with E-state index < -0.39 is 0 Å². The summed E-state index contributed by atoms with van der Waals surface area (Å²) in [5.74, 6) is -1.09. The van der Waals surface area contributed by atoms with Crippen molar-refractivity contribution in [3.05, 3.63) is 190 Å². The first-order chi connectivity index (χ1) is 43.1. The van der Waals surface area contributed by atoms with Gasteiger partial charge in [0.15, 0.2) is 11.7 Å². The largest absolute Gasteiger partial charge is 0.494 e. The molecule has 0 unspecified atom stereocenters. The second-order valence-corrected chi connectivity index (χ2v) is 22.5. The highest BCUT2D eigenvalue weighted by molar-refractivity contribution is 6.50. The maximum Gasteiger partial charge on any atom is 0.303 e. The van der Waals surface area contributed by atoms with Crippen LogP contribution < -0.4 is 25.3 Å². The van der Waals surface area contributed by atoms with Crippen LogP contribution >= 0.6 is 0 Å². The zero-order chi connectivity index (χ0) is 65.2. The SMILES string of the molecule is CCC(C)(CC)OC(C)=O.CCC(C)(CC)OC(C)=O.CCOCN1C(=O)/C(=C2/C(=O)Cc3ccccc32)c2ccccc21.CCOCN1C(=O)/C(=C2/C(=O)N(C)c3ccccc32)c2ccccc21.Cn1c(O)c(C2=c3ccccc3=NC2=O)c2ccccc21. The molecule has 0 fully saturated rings. The third-order valence-electron chi connectivity index (χ3n) is 16.9. The van der Waals surface area contributed by atoms with Gasteiger partial charge in [0, 0.05) is 80.4 Å². The quantitative estimate of drug-likeness (QED) is 0.0846. The van der Waals surface area contributed by atoms with Crippen LogP contribution in [-0.2, 0) is 66.0 Å². The van der Waals surface area contributed by atoms with Crippen molar-refractivity contribution in [3.63, 3.8) is 0 Å². The van der Waals surface area contributed by atoms with Gasteiger partial charge >= 0.3 is 11.9 Å². The molecule has 90 heavy (non-hydrogen) atoms. The van der Waals surface area contributed by atoms with Crippen LogP contribution in [-0.4, -0.2) is 95.9 Å². The molecule has 0 saturated heterocycles. The number of fused-ring (bicyclic) bond motifs is 6. The summed E-state index contributed by atoms with van der Waals surface area (Å²) >= 11 is 0. The second kappa shape index (κ2) is 28.7. The van der Waals surface area contributed by atoms with Gasteiger partial charge in [-0.15, -0.1) is 0 Å². The molecular weight excluding hydrogens is 1140 g/mol. The number of nitrogens with zero attached hydrogens (tertiary/aromatic N) is 5. The van der Waals surface area contributed by atoms with Gasteiger partial charge < -0.3 is 33.5 Å². The predicted molar refractivity (Wildman–Crippen MR) is 350 cm³/mol. The molecule has 0 radical (unpaired) electrons. The van der Waals surface area contributed by atoms with Crippen LogP contribution in [0.4, 0.5) is 17.1 Å².